The van der Waals surface area contributed by atoms with Gasteiger partial charge in [-0.05, 0) is 56.4 Å². The van der Waals surface area contributed by atoms with Crippen LogP contribution in [0.2, 0.25) is 0 Å². The highest BCUT2D eigenvalue weighted by Crippen LogP contribution is 2.37. The molecular formula is C8H10O2S3. The monoisotopic (exact) mass is 234 g/mol. The van der Waals surface area contributed by atoms with Crippen molar-refractivity contribution in [2.24, 2.45) is 0 Å². The highest BCUT2D eigenvalue weighted by Gasteiger charge is 2.08. The normalized spacial score (nSPS) is 9.38. The first kappa shape index (κ1) is 12.9. The van der Waals surface area contributed by atoms with E-state index in [9.17, 15) is 9.59 Å². The Bertz CT molecular complexity index is 232. The van der Waals surface area contributed by atoms with Crippen LogP contribution in [0.1, 0.15) is 13.8 Å². The Morgan fingerprint density at radius 3 is 1.46 bits per heavy atom. The van der Waals surface area contributed by atoms with Crippen LogP contribution in [0.25, 0.3) is 0 Å². The summed E-state index contributed by atoms with van der Waals surface area (Å²) in [5.41, 5.74) is 0.974. The van der Waals surface area contributed by atoms with Crippen LogP contribution in [0, 0.1) is 0 Å². The molecule has 0 bridgehead atoms. The second-order valence-electron chi connectivity index (χ2n) is 2.37. The van der Waals surface area contributed by atoms with E-state index >= 15 is 0 Å². The molecule has 2 nitrogen and oxygen atoms in total. The van der Waals surface area contributed by atoms with E-state index in [1.165, 1.54) is 0 Å². The zero-order valence-electron chi connectivity index (χ0n) is 7.46. The molecule has 0 N–H and O–H groups in total. The van der Waals surface area contributed by atoms with E-state index < -0.39 is 0 Å². The summed E-state index contributed by atoms with van der Waals surface area (Å²) in [7, 11) is 3.16. The van der Waals surface area contributed by atoms with Crippen molar-refractivity contribution in [3.63, 3.8) is 0 Å². The largest absolute Gasteiger partial charge is 0.281 e. The number of carbonyl (C=O) groups is 2. The van der Waals surface area contributed by atoms with Crippen molar-refractivity contribution in [1.82, 2.24) is 0 Å². The lowest BCUT2D eigenvalue weighted by molar-refractivity contribution is -0.108. The van der Waals surface area contributed by atoms with Gasteiger partial charge in [-0.15, -0.1) is 0 Å². The highest BCUT2D eigenvalue weighted by molar-refractivity contribution is 9.14. The first-order valence-electron chi connectivity index (χ1n) is 3.36. The van der Waals surface area contributed by atoms with Gasteiger partial charge in [0, 0.05) is 0 Å². The minimum absolute atomic E-state index is 0.105. The summed E-state index contributed by atoms with van der Waals surface area (Å²) in [6.45, 7) is 10.3. The Labute approximate surface area is 89.4 Å². The molecule has 0 unspecified atom stereocenters. The molecule has 0 saturated heterocycles. The molecule has 0 aromatic rings. The number of hydrogen-bond donors (Lipinski definition) is 0. The van der Waals surface area contributed by atoms with E-state index in [4.69, 9.17) is 0 Å². The average Bonchev–Trinajstić information content (AvgIpc) is 2.03. The van der Waals surface area contributed by atoms with Crippen LogP contribution in [0.4, 0.5) is 0 Å². The van der Waals surface area contributed by atoms with E-state index in [1.807, 2.05) is 0 Å². The third-order valence-corrected chi connectivity index (χ3v) is 4.59. The van der Waals surface area contributed by atoms with Crippen LogP contribution in [0.15, 0.2) is 24.3 Å². The summed E-state index contributed by atoms with van der Waals surface area (Å²) < 4.78 is 0. The van der Waals surface area contributed by atoms with Gasteiger partial charge in [0.25, 0.3) is 0 Å². The summed E-state index contributed by atoms with van der Waals surface area (Å²) in [6, 6.07) is 0. The molecule has 0 amide bonds. The second kappa shape index (κ2) is 6.34. The Hall–Kier alpha value is -0.130. The van der Waals surface area contributed by atoms with Crippen LogP contribution < -0.4 is 0 Å². The van der Waals surface area contributed by atoms with Gasteiger partial charge in [-0.2, -0.15) is 0 Å². The van der Waals surface area contributed by atoms with Crippen LogP contribution in [-0.4, -0.2) is 10.2 Å². The minimum atomic E-state index is -0.105. The molecule has 0 rings (SSSR count). The Morgan fingerprint density at radius 2 is 1.23 bits per heavy atom. The molecule has 0 fully saturated rings. The first-order valence-corrected chi connectivity index (χ1v) is 6.84. The topological polar surface area (TPSA) is 34.1 Å². The molecule has 0 aromatic carbocycles. The van der Waals surface area contributed by atoms with Crippen molar-refractivity contribution in [1.29, 1.82) is 0 Å². The maximum absolute atomic E-state index is 11.0. The smallest absolute Gasteiger partial charge is 0.225 e. The Morgan fingerprint density at radius 1 is 0.923 bits per heavy atom. The third-order valence-electron chi connectivity index (χ3n) is 0.916. The van der Waals surface area contributed by atoms with E-state index in [0.29, 0.717) is 11.1 Å². The summed E-state index contributed by atoms with van der Waals surface area (Å²) in [4.78, 5) is 22.0. The van der Waals surface area contributed by atoms with Crippen molar-refractivity contribution in [3.8, 4) is 0 Å². The fraction of sp³-hybridized carbons (Fsp3) is 0.250. The number of rotatable bonds is 4. The van der Waals surface area contributed by atoms with E-state index in [1.54, 1.807) is 13.8 Å². The molecule has 0 saturated carbocycles. The molecule has 0 spiro atoms. The van der Waals surface area contributed by atoms with Gasteiger partial charge in [-0.1, -0.05) is 13.2 Å². The Kier molecular flexibility index (Phi) is 6.28. The molecule has 13 heavy (non-hydrogen) atoms. The lowest BCUT2D eigenvalue weighted by Gasteiger charge is -1.97. The lowest BCUT2D eigenvalue weighted by atomic mass is 10.4. The summed E-state index contributed by atoms with van der Waals surface area (Å²) in [5.74, 6) is 0. The van der Waals surface area contributed by atoms with Gasteiger partial charge in [-0.25, -0.2) is 0 Å². The summed E-state index contributed by atoms with van der Waals surface area (Å²) >= 11 is 0. The zero-order chi connectivity index (χ0) is 10.4. The molecule has 5 heteroatoms. The van der Waals surface area contributed by atoms with Crippen LogP contribution in [0.5, 0.6) is 0 Å². The fourth-order valence-corrected chi connectivity index (χ4v) is 3.41. The quantitative estimate of drug-likeness (QED) is 0.551. The van der Waals surface area contributed by atoms with Gasteiger partial charge in [-0.3, -0.25) is 9.59 Å². The van der Waals surface area contributed by atoms with Gasteiger partial charge in [0.15, 0.2) is 0 Å². The third kappa shape index (κ3) is 6.01. The standard InChI is InChI=1S/C8H10O2S3/c1-5(2)7(9)11-13-12-8(10)6(3)4/h1,3H2,2,4H3. The molecule has 0 aromatic heterocycles. The van der Waals surface area contributed by atoms with Crippen molar-refractivity contribution in [2.75, 3.05) is 0 Å². The number of hydrogen-bond acceptors (Lipinski definition) is 5. The van der Waals surface area contributed by atoms with Gasteiger partial charge in [0.2, 0.25) is 10.2 Å². The molecule has 0 heterocycles. The van der Waals surface area contributed by atoms with Gasteiger partial charge >= 0.3 is 0 Å². The predicted octanol–water partition coefficient (Wildman–Crippen LogP) is 3.22. The summed E-state index contributed by atoms with van der Waals surface area (Å²) in [6.07, 6.45) is 0. The van der Waals surface area contributed by atoms with Crippen molar-refractivity contribution in [2.45, 2.75) is 13.8 Å². The average molecular weight is 234 g/mol. The SMILES string of the molecule is C=C(C)C(=O)SSSC(=O)C(=C)C. The zero-order valence-corrected chi connectivity index (χ0v) is 9.90. The van der Waals surface area contributed by atoms with Crippen LogP contribution in [0.3, 0.4) is 0 Å². The highest BCUT2D eigenvalue weighted by atomic mass is 33.5. The first-order chi connectivity index (χ1) is 5.95. The van der Waals surface area contributed by atoms with E-state index in [-0.39, 0.29) is 10.2 Å². The van der Waals surface area contributed by atoms with E-state index in [2.05, 4.69) is 13.2 Å². The predicted molar refractivity (Wildman–Crippen MR) is 62.4 cm³/mol. The van der Waals surface area contributed by atoms with Gasteiger partial charge in [0.1, 0.15) is 0 Å². The number of carbonyl (C=O) groups excluding carboxylic acids is 2. The maximum atomic E-state index is 11.0. The fourth-order valence-electron chi connectivity index (χ4n) is 0.221. The molecule has 0 radical (unpaired) electrons. The van der Waals surface area contributed by atoms with Crippen molar-refractivity contribution in [3.05, 3.63) is 24.3 Å². The molecule has 0 aliphatic carbocycles. The molecule has 72 valence electrons. The molecule has 0 atom stereocenters. The molecular weight excluding hydrogens is 224 g/mol. The minimum Gasteiger partial charge on any atom is -0.281 e. The maximum Gasteiger partial charge on any atom is 0.225 e. The van der Waals surface area contributed by atoms with Crippen molar-refractivity contribution >= 4 is 41.6 Å². The van der Waals surface area contributed by atoms with E-state index in [0.717, 1.165) is 31.4 Å². The van der Waals surface area contributed by atoms with Crippen LogP contribution in [-0.2, 0) is 9.59 Å². The summed E-state index contributed by atoms with van der Waals surface area (Å²) in [5, 5.41) is -0.209. The van der Waals surface area contributed by atoms with Gasteiger partial charge in [0.05, 0.1) is 0 Å². The molecule has 0 aliphatic rings. The Balaban J connectivity index is 3.69. The van der Waals surface area contributed by atoms with Crippen LogP contribution >= 0.6 is 31.4 Å². The molecule has 0 aliphatic heterocycles. The van der Waals surface area contributed by atoms with Gasteiger partial charge < -0.3 is 0 Å². The lowest BCUT2D eigenvalue weighted by Crippen LogP contribution is -1.89. The van der Waals surface area contributed by atoms with Crippen molar-refractivity contribution < 1.29 is 9.59 Å². The second-order valence-corrected chi connectivity index (χ2v) is 6.21.